The Morgan fingerprint density at radius 3 is 2.56 bits per heavy atom. The Labute approximate surface area is 99.6 Å². The first kappa shape index (κ1) is 13.5. The highest BCUT2D eigenvalue weighted by Crippen LogP contribution is 2.23. The number of hydrogen-bond donors (Lipinski definition) is 1. The molecule has 1 N–H and O–H groups in total. The number of rotatable bonds is 5. The van der Waals surface area contributed by atoms with E-state index in [0.717, 1.165) is 12.3 Å². The van der Waals surface area contributed by atoms with Gasteiger partial charge in [0, 0.05) is 17.4 Å². The van der Waals surface area contributed by atoms with Gasteiger partial charge >= 0.3 is 0 Å². The maximum absolute atomic E-state index is 13.7. The smallest absolute Gasteiger partial charge is 0.163 e. The molecule has 0 aliphatic carbocycles. The predicted octanol–water partition coefficient (Wildman–Crippen LogP) is 3.29. The molecule has 1 nitrogen and oxygen atoms in total. The number of nitrogens with one attached hydrogen (secondary N) is 1. The lowest BCUT2D eigenvalue weighted by atomic mass is 10.0. The van der Waals surface area contributed by atoms with Crippen LogP contribution >= 0.6 is 11.8 Å². The first-order chi connectivity index (χ1) is 7.61. The van der Waals surface area contributed by atoms with E-state index in [-0.39, 0.29) is 6.04 Å². The van der Waals surface area contributed by atoms with E-state index in [0.29, 0.717) is 11.1 Å². The molecule has 0 aliphatic rings. The van der Waals surface area contributed by atoms with Crippen LogP contribution in [0.1, 0.15) is 24.1 Å². The predicted molar refractivity (Wildman–Crippen MR) is 65.9 cm³/mol. The molecular formula is C12H17F2NS. The molecule has 0 bridgehead atoms. The minimum Gasteiger partial charge on any atom is -0.309 e. The van der Waals surface area contributed by atoms with E-state index >= 15 is 0 Å². The molecule has 0 saturated carbocycles. The second-order valence-electron chi connectivity index (χ2n) is 3.67. The van der Waals surface area contributed by atoms with Crippen molar-refractivity contribution in [1.82, 2.24) is 5.32 Å². The van der Waals surface area contributed by atoms with Crippen LogP contribution in [0, 0.1) is 18.6 Å². The zero-order valence-electron chi connectivity index (χ0n) is 9.81. The summed E-state index contributed by atoms with van der Waals surface area (Å²) in [7, 11) is 0. The molecule has 0 aromatic heterocycles. The van der Waals surface area contributed by atoms with Gasteiger partial charge < -0.3 is 5.32 Å². The quantitative estimate of drug-likeness (QED) is 0.854. The lowest BCUT2D eigenvalue weighted by molar-refractivity contribution is 0.474. The van der Waals surface area contributed by atoms with Crippen molar-refractivity contribution in [2.75, 3.05) is 18.6 Å². The molecule has 90 valence electrons. The summed E-state index contributed by atoms with van der Waals surface area (Å²) in [6.07, 6.45) is 1.95. The first-order valence-corrected chi connectivity index (χ1v) is 6.68. The third-order valence-electron chi connectivity index (χ3n) is 2.46. The van der Waals surface area contributed by atoms with Crippen LogP contribution in [0.2, 0.25) is 0 Å². The SMILES string of the molecule is CCNC(CSC)c1ccc(C)c(F)c1F. The summed E-state index contributed by atoms with van der Waals surface area (Å²) < 4.78 is 27.2. The van der Waals surface area contributed by atoms with Crippen LogP contribution in [0.4, 0.5) is 8.78 Å². The van der Waals surface area contributed by atoms with Crippen molar-refractivity contribution in [1.29, 1.82) is 0 Å². The van der Waals surface area contributed by atoms with Crippen molar-refractivity contribution in [3.05, 3.63) is 34.9 Å². The van der Waals surface area contributed by atoms with E-state index in [1.165, 1.54) is 0 Å². The fourth-order valence-electron chi connectivity index (χ4n) is 1.60. The van der Waals surface area contributed by atoms with Gasteiger partial charge in [0.1, 0.15) is 0 Å². The van der Waals surface area contributed by atoms with Crippen LogP contribution in [0.25, 0.3) is 0 Å². The minimum absolute atomic E-state index is 0.130. The van der Waals surface area contributed by atoms with E-state index in [1.54, 1.807) is 30.8 Å². The molecule has 0 heterocycles. The summed E-state index contributed by atoms with van der Waals surface area (Å²) in [6.45, 7) is 4.26. The van der Waals surface area contributed by atoms with Crippen molar-refractivity contribution >= 4 is 11.8 Å². The molecule has 1 atom stereocenters. The second-order valence-corrected chi connectivity index (χ2v) is 4.58. The molecule has 0 saturated heterocycles. The van der Waals surface area contributed by atoms with Crippen LogP contribution in [-0.4, -0.2) is 18.6 Å². The Morgan fingerprint density at radius 1 is 1.31 bits per heavy atom. The normalized spacial score (nSPS) is 12.8. The molecule has 0 aliphatic heterocycles. The summed E-state index contributed by atoms with van der Waals surface area (Å²) in [6, 6.07) is 3.16. The topological polar surface area (TPSA) is 12.0 Å². The summed E-state index contributed by atoms with van der Waals surface area (Å²) in [4.78, 5) is 0. The Hall–Kier alpha value is -0.610. The fourth-order valence-corrected chi connectivity index (χ4v) is 2.23. The van der Waals surface area contributed by atoms with Gasteiger partial charge in [0.2, 0.25) is 0 Å². The number of thioether (sulfide) groups is 1. The molecular weight excluding hydrogens is 228 g/mol. The van der Waals surface area contributed by atoms with Gasteiger partial charge in [0.25, 0.3) is 0 Å². The van der Waals surface area contributed by atoms with Crippen molar-refractivity contribution in [2.45, 2.75) is 19.9 Å². The van der Waals surface area contributed by atoms with Crippen molar-refractivity contribution in [3.8, 4) is 0 Å². The Kier molecular flexibility index (Phi) is 5.22. The zero-order chi connectivity index (χ0) is 12.1. The highest BCUT2D eigenvalue weighted by atomic mass is 32.2. The molecule has 0 amide bonds. The summed E-state index contributed by atoms with van der Waals surface area (Å²) in [5, 5.41) is 3.16. The third kappa shape index (κ3) is 2.95. The highest BCUT2D eigenvalue weighted by Gasteiger charge is 2.18. The molecule has 0 radical (unpaired) electrons. The molecule has 1 aromatic carbocycles. The monoisotopic (exact) mass is 245 g/mol. The van der Waals surface area contributed by atoms with Gasteiger partial charge in [-0.05, 0) is 25.3 Å². The Morgan fingerprint density at radius 2 is 2.00 bits per heavy atom. The summed E-state index contributed by atoms with van der Waals surface area (Å²) >= 11 is 1.61. The van der Waals surface area contributed by atoms with Crippen molar-refractivity contribution < 1.29 is 8.78 Å². The van der Waals surface area contributed by atoms with Crippen LogP contribution in [0.3, 0.4) is 0 Å². The van der Waals surface area contributed by atoms with E-state index in [9.17, 15) is 8.78 Å². The fraction of sp³-hybridized carbons (Fsp3) is 0.500. The van der Waals surface area contributed by atoms with Gasteiger partial charge in [-0.15, -0.1) is 0 Å². The Bertz CT molecular complexity index is 349. The van der Waals surface area contributed by atoms with Crippen molar-refractivity contribution in [2.24, 2.45) is 0 Å². The van der Waals surface area contributed by atoms with Gasteiger partial charge in [0.05, 0.1) is 0 Å². The van der Waals surface area contributed by atoms with Crippen LogP contribution in [-0.2, 0) is 0 Å². The molecule has 0 spiro atoms. The molecule has 4 heteroatoms. The Balaban J connectivity index is 3.04. The standard InChI is InChI=1S/C12H17F2NS/c1-4-15-10(7-16-3)9-6-5-8(2)11(13)12(9)14/h5-6,10,15H,4,7H2,1-3H3. The van der Waals surface area contributed by atoms with E-state index in [2.05, 4.69) is 5.32 Å². The largest absolute Gasteiger partial charge is 0.309 e. The summed E-state index contributed by atoms with van der Waals surface area (Å²) in [5.74, 6) is -0.728. The molecule has 1 aromatic rings. The highest BCUT2D eigenvalue weighted by molar-refractivity contribution is 7.98. The molecule has 16 heavy (non-hydrogen) atoms. The average Bonchev–Trinajstić information content (AvgIpc) is 2.26. The number of aryl methyl sites for hydroxylation is 1. The number of halogens is 2. The van der Waals surface area contributed by atoms with Crippen LogP contribution in [0.15, 0.2) is 12.1 Å². The second kappa shape index (κ2) is 6.21. The number of hydrogen-bond acceptors (Lipinski definition) is 2. The van der Waals surface area contributed by atoms with E-state index in [4.69, 9.17) is 0 Å². The van der Waals surface area contributed by atoms with Crippen molar-refractivity contribution in [3.63, 3.8) is 0 Å². The van der Waals surface area contributed by atoms with Gasteiger partial charge in [0.15, 0.2) is 11.6 Å². The maximum Gasteiger partial charge on any atom is 0.163 e. The lowest BCUT2D eigenvalue weighted by Crippen LogP contribution is -2.24. The van der Waals surface area contributed by atoms with Gasteiger partial charge in [-0.1, -0.05) is 19.1 Å². The van der Waals surface area contributed by atoms with Gasteiger partial charge in [-0.25, -0.2) is 8.78 Å². The average molecular weight is 245 g/mol. The minimum atomic E-state index is -0.735. The van der Waals surface area contributed by atoms with E-state index < -0.39 is 11.6 Å². The van der Waals surface area contributed by atoms with Gasteiger partial charge in [-0.3, -0.25) is 0 Å². The zero-order valence-corrected chi connectivity index (χ0v) is 10.6. The molecule has 1 unspecified atom stereocenters. The van der Waals surface area contributed by atoms with Gasteiger partial charge in [-0.2, -0.15) is 11.8 Å². The summed E-state index contributed by atoms with van der Waals surface area (Å²) in [5.41, 5.74) is 0.764. The number of benzene rings is 1. The van der Waals surface area contributed by atoms with Crippen LogP contribution in [0.5, 0.6) is 0 Å². The lowest BCUT2D eigenvalue weighted by Gasteiger charge is -2.18. The molecule has 0 fully saturated rings. The maximum atomic E-state index is 13.7. The van der Waals surface area contributed by atoms with Crippen LogP contribution < -0.4 is 5.32 Å². The van der Waals surface area contributed by atoms with E-state index in [1.807, 2.05) is 13.2 Å². The first-order valence-electron chi connectivity index (χ1n) is 5.28. The third-order valence-corrected chi connectivity index (χ3v) is 3.13. The molecule has 1 rings (SSSR count).